The summed E-state index contributed by atoms with van der Waals surface area (Å²) in [6.45, 7) is 3.25. The molecule has 2 N–H and O–H groups in total. The molecular weight excluding hydrogens is 252 g/mol. The van der Waals surface area contributed by atoms with Crippen molar-refractivity contribution in [3.63, 3.8) is 0 Å². The molecular formula is C11H18N4O2S. The van der Waals surface area contributed by atoms with Gasteiger partial charge in [0.1, 0.15) is 11.9 Å². The second kappa shape index (κ2) is 5.62. The number of rotatable bonds is 4. The third-order valence-electron chi connectivity index (χ3n) is 3.27. The Morgan fingerprint density at radius 3 is 3.06 bits per heavy atom. The molecule has 2 rings (SSSR count). The molecule has 0 radical (unpaired) electrons. The molecule has 6 nitrogen and oxygen atoms in total. The topological polar surface area (TPSA) is 71.9 Å². The maximum absolute atomic E-state index is 11.8. The van der Waals surface area contributed by atoms with Crippen molar-refractivity contribution in [3.8, 4) is 0 Å². The van der Waals surface area contributed by atoms with Gasteiger partial charge >= 0.3 is 0 Å². The van der Waals surface area contributed by atoms with Crippen molar-refractivity contribution in [3.05, 3.63) is 10.6 Å². The maximum Gasteiger partial charge on any atom is 0.249 e. The number of hydrogen-bond acceptors (Lipinski definition) is 4. The molecule has 1 aliphatic rings. The van der Waals surface area contributed by atoms with Crippen molar-refractivity contribution >= 4 is 18.1 Å². The van der Waals surface area contributed by atoms with Crippen LogP contribution in [0.1, 0.15) is 19.2 Å². The molecule has 1 aromatic rings. The molecule has 100 valence electrons. The van der Waals surface area contributed by atoms with E-state index in [1.54, 1.807) is 4.57 Å². The van der Waals surface area contributed by atoms with E-state index in [2.05, 4.69) is 15.5 Å². The van der Waals surface area contributed by atoms with Crippen molar-refractivity contribution in [2.45, 2.75) is 25.9 Å². The summed E-state index contributed by atoms with van der Waals surface area (Å²) in [6, 6.07) is 0. The van der Waals surface area contributed by atoms with Crippen LogP contribution in [0.5, 0.6) is 0 Å². The van der Waals surface area contributed by atoms with Gasteiger partial charge in [-0.25, -0.2) is 0 Å². The van der Waals surface area contributed by atoms with Gasteiger partial charge in [0.05, 0.1) is 0 Å². The molecule has 0 spiro atoms. The van der Waals surface area contributed by atoms with Gasteiger partial charge in [-0.05, 0) is 24.6 Å². The summed E-state index contributed by atoms with van der Waals surface area (Å²) < 4.78 is 7.79. The zero-order valence-electron chi connectivity index (χ0n) is 10.6. The van der Waals surface area contributed by atoms with Gasteiger partial charge in [-0.2, -0.15) is 5.10 Å². The molecule has 0 unspecified atom stereocenters. The Morgan fingerprint density at radius 1 is 1.72 bits per heavy atom. The Hall–Kier alpha value is -1.21. The van der Waals surface area contributed by atoms with E-state index in [1.807, 2.05) is 14.0 Å². The van der Waals surface area contributed by atoms with Crippen LogP contribution in [0, 0.1) is 10.7 Å². The van der Waals surface area contributed by atoms with Crippen LogP contribution in [-0.2, 0) is 23.0 Å². The molecule has 1 saturated heterocycles. The van der Waals surface area contributed by atoms with Crippen LogP contribution in [0.25, 0.3) is 0 Å². The zero-order valence-corrected chi connectivity index (χ0v) is 11.4. The number of aromatic nitrogens is 3. The lowest BCUT2D eigenvalue weighted by molar-refractivity contribution is -0.131. The van der Waals surface area contributed by atoms with E-state index in [0.717, 1.165) is 12.2 Å². The lowest BCUT2D eigenvalue weighted by atomic mass is 10.0. The number of ether oxygens (including phenoxy) is 1. The van der Waals surface area contributed by atoms with Crippen LogP contribution < -0.4 is 5.32 Å². The lowest BCUT2D eigenvalue weighted by Crippen LogP contribution is -2.38. The monoisotopic (exact) mass is 270 g/mol. The van der Waals surface area contributed by atoms with Gasteiger partial charge in [0.15, 0.2) is 4.77 Å². The minimum atomic E-state index is -0.299. The molecule has 1 aliphatic heterocycles. The number of hydrogen-bond donors (Lipinski definition) is 2. The first kappa shape index (κ1) is 13.2. The number of amides is 1. The van der Waals surface area contributed by atoms with Crippen LogP contribution in [0.15, 0.2) is 0 Å². The summed E-state index contributed by atoms with van der Waals surface area (Å²) in [5, 5.41) is 9.68. The fourth-order valence-corrected chi connectivity index (χ4v) is 2.18. The third-order valence-corrected chi connectivity index (χ3v) is 3.63. The number of nitrogens with zero attached hydrogens (tertiary/aromatic N) is 2. The van der Waals surface area contributed by atoms with Gasteiger partial charge < -0.3 is 14.6 Å². The van der Waals surface area contributed by atoms with E-state index in [-0.39, 0.29) is 12.0 Å². The van der Waals surface area contributed by atoms with Crippen LogP contribution in [0.4, 0.5) is 0 Å². The Balaban J connectivity index is 1.80. The predicted octanol–water partition coefficient (Wildman–Crippen LogP) is 0.561. The summed E-state index contributed by atoms with van der Waals surface area (Å²) in [7, 11) is 1.85. The van der Waals surface area contributed by atoms with E-state index < -0.39 is 0 Å². The first-order valence-electron chi connectivity index (χ1n) is 6.09. The van der Waals surface area contributed by atoms with Gasteiger partial charge in [-0.1, -0.05) is 6.92 Å². The smallest absolute Gasteiger partial charge is 0.249 e. The highest BCUT2D eigenvalue weighted by atomic mass is 32.1. The molecule has 2 heterocycles. The molecule has 1 fully saturated rings. The summed E-state index contributed by atoms with van der Waals surface area (Å²) in [4.78, 5) is 11.8. The van der Waals surface area contributed by atoms with Crippen LogP contribution >= 0.6 is 12.2 Å². The normalized spacial score (nSPS) is 23.2. The van der Waals surface area contributed by atoms with Crippen LogP contribution in [-0.4, -0.2) is 39.9 Å². The molecule has 0 aromatic carbocycles. The van der Waals surface area contributed by atoms with E-state index in [4.69, 9.17) is 17.0 Å². The van der Waals surface area contributed by atoms with Gasteiger partial charge in [-0.15, -0.1) is 0 Å². The van der Waals surface area contributed by atoms with Crippen molar-refractivity contribution in [2.75, 3.05) is 13.2 Å². The van der Waals surface area contributed by atoms with Gasteiger partial charge in [0, 0.05) is 26.6 Å². The summed E-state index contributed by atoms with van der Waals surface area (Å²) in [6.07, 6.45) is 1.30. The molecule has 2 atom stereocenters. The highest BCUT2D eigenvalue weighted by Gasteiger charge is 2.30. The van der Waals surface area contributed by atoms with Gasteiger partial charge in [0.2, 0.25) is 5.91 Å². The average Bonchev–Trinajstić information content (AvgIpc) is 2.89. The SMILES string of the molecule is C[C@H]1CCO[C@H]1C(=O)NCCc1n[nH]c(=S)n1C. The molecule has 18 heavy (non-hydrogen) atoms. The van der Waals surface area contributed by atoms with Crippen molar-refractivity contribution in [2.24, 2.45) is 13.0 Å². The molecule has 0 bridgehead atoms. The second-order valence-corrected chi connectivity index (χ2v) is 4.99. The number of nitrogens with one attached hydrogen (secondary N) is 2. The van der Waals surface area contributed by atoms with E-state index in [9.17, 15) is 4.79 Å². The van der Waals surface area contributed by atoms with Gasteiger partial charge in [0.25, 0.3) is 0 Å². The second-order valence-electron chi connectivity index (χ2n) is 4.60. The molecule has 0 saturated carbocycles. The molecule has 0 aliphatic carbocycles. The maximum atomic E-state index is 11.8. The zero-order chi connectivity index (χ0) is 13.1. The highest BCUT2D eigenvalue weighted by molar-refractivity contribution is 7.71. The van der Waals surface area contributed by atoms with Crippen LogP contribution in [0.3, 0.4) is 0 Å². The third kappa shape index (κ3) is 2.78. The van der Waals surface area contributed by atoms with Crippen molar-refractivity contribution in [1.29, 1.82) is 0 Å². The summed E-state index contributed by atoms with van der Waals surface area (Å²) in [5.41, 5.74) is 0. The number of aromatic amines is 1. The van der Waals surface area contributed by atoms with Crippen molar-refractivity contribution < 1.29 is 9.53 Å². The molecule has 1 aromatic heterocycles. The largest absolute Gasteiger partial charge is 0.368 e. The Bertz CT molecular complexity index is 482. The van der Waals surface area contributed by atoms with E-state index in [1.165, 1.54) is 0 Å². The van der Waals surface area contributed by atoms with Crippen LogP contribution in [0.2, 0.25) is 0 Å². The Labute approximate surface area is 111 Å². The number of carbonyl (C=O) groups excluding carboxylic acids is 1. The minimum Gasteiger partial charge on any atom is -0.368 e. The lowest BCUT2D eigenvalue weighted by Gasteiger charge is -2.14. The average molecular weight is 270 g/mol. The van der Waals surface area contributed by atoms with E-state index in [0.29, 0.717) is 30.3 Å². The Kier molecular flexibility index (Phi) is 4.13. The van der Waals surface area contributed by atoms with E-state index >= 15 is 0 Å². The Morgan fingerprint density at radius 2 is 2.50 bits per heavy atom. The molecule has 7 heteroatoms. The number of carbonyl (C=O) groups is 1. The van der Waals surface area contributed by atoms with Crippen molar-refractivity contribution in [1.82, 2.24) is 20.1 Å². The first-order chi connectivity index (χ1) is 8.59. The first-order valence-corrected chi connectivity index (χ1v) is 6.50. The predicted molar refractivity (Wildman–Crippen MR) is 68.6 cm³/mol. The summed E-state index contributed by atoms with van der Waals surface area (Å²) >= 11 is 5.02. The highest BCUT2D eigenvalue weighted by Crippen LogP contribution is 2.19. The fraction of sp³-hybridized carbons (Fsp3) is 0.727. The number of H-pyrrole nitrogens is 1. The standard InChI is InChI=1S/C11H18N4O2S/c1-7-4-6-17-9(7)10(16)12-5-3-8-13-14-11(18)15(8)2/h7,9H,3-6H2,1-2H3,(H,12,16)(H,14,18)/t7-,9+/m0/s1. The quantitative estimate of drug-likeness (QED) is 0.784. The van der Waals surface area contributed by atoms with Gasteiger partial charge in [-0.3, -0.25) is 9.89 Å². The fourth-order valence-electron chi connectivity index (χ4n) is 2.03. The molecule has 1 amide bonds. The summed E-state index contributed by atoms with van der Waals surface area (Å²) in [5.74, 6) is 1.10. The minimum absolute atomic E-state index is 0.0308.